The SMILES string of the molecule is O=C(O)CN(C(=O)c1ccccc1F)C1CCCC1. The topological polar surface area (TPSA) is 57.6 Å². The first-order chi connectivity index (χ1) is 9.09. The minimum Gasteiger partial charge on any atom is -0.480 e. The van der Waals surface area contributed by atoms with Crippen molar-refractivity contribution in [1.29, 1.82) is 0 Å². The molecule has 1 amide bonds. The molecule has 1 saturated carbocycles. The molecule has 19 heavy (non-hydrogen) atoms. The second-order valence-corrected chi connectivity index (χ2v) is 4.74. The number of benzene rings is 1. The maximum Gasteiger partial charge on any atom is 0.323 e. The van der Waals surface area contributed by atoms with E-state index in [2.05, 4.69) is 0 Å². The van der Waals surface area contributed by atoms with Crippen molar-refractivity contribution in [3.63, 3.8) is 0 Å². The molecular formula is C14H16FNO3. The molecule has 0 aliphatic heterocycles. The monoisotopic (exact) mass is 265 g/mol. The summed E-state index contributed by atoms with van der Waals surface area (Å²) in [6.07, 6.45) is 3.53. The zero-order valence-electron chi connectivity index (χ0n) is 10.5. The Labute approximate surface area is 110 Å². The molecule has 1 aliphatic rings. The van der Waals surface area contributed by atoms with Crippen molar-refractivity contribution < 1.29 is 19.1 Å². The maximum atomic E-state index is 13.6. The molecule has 2 rings (SSSR count). The first-order valence-corrected chi connectivity index (χ1v) is 6.37. The molecule has 0 spiro atoms. The summed E-state index contributed by atoms with van der Waals surface area (Å²) in [6.45, 7) is -0.377. The molecule has 0 bridgehead atoms. The largest absolute Gasteiger partial charge is 0.480 e. The van der Waals surface area contributed by atoms with E-state index < -0.39 is 17.7 Å². The fraction of sp³-hybridized carbons (Fsp3) is 0.429. The van der Waals surface area contributed by atoms with E-state index >= 15 is 0 Å². The van der Waals surface area contributed by atoms with Crippen molar-refractivity contribution in [3.8, 4) is 0 Å². The number of halogens is 1. The molecule has 0 heterocycles. The van der Waals surface area contributed by atoms with Gasteiger partial charge in [-0.1, -0.05) is 25.0 Å². The summed E-state index contributed by atoms with van der Waals surface area (Å²) in [5.74, 6) is -2.22. The van der Waals surface area contributed by atoms with Crippen LogP contribution in [0.15, 0.2) is 24.3 Å². The number of nitrogens with zero attached hydrogens (tertiary/aromatic N) is 1. The van der Waals surface area contributed by atoms with Crippen molar-refractivity contribution in [2.45, 2.75) is 31.7 Å². The van der Waals surface area contributed by atoms with Crippen LogP contribution in [0.25, 0.3) is 0 Å². The maximum absolute atomic E-state index is 13.6. The highest BCUT2D eigenvalue weighted by Gasteiger charge is 2.30. The van der Waals surface area contributed by atoms with Crippen molar-refractivity contribution >= 4 is 11.9 Å². The Balaban J connectivity index is 2.24. The van der Waals surface area contributed by atoms with Gasteiger partial charge in [0.25, 0.3) is 5.91 Å². The standard InChI is InChI=1S/C14H16FNO3/c15-12-8-4-3-7-11(12)14(19)16(9-13(17)18)10-5-1-2-6-10/h3-4,7-8,10H,1-2,5-6,9H2,(H,17,18). The molecule has 0 radical (unpaired) electrons. The van der Waals surface area contributed by atoms with Gasteiger partial charge in [-0.05, 0) is 25.0 Å². The van der Waals surface area contributed by atoms with Gasteiger partial charge in [-0.15, -0.1) is 0 Å². The van der Waals surface area contributed by atoms with Crippen molar-refractivity contribution in [2.24, 2.45) is 0 Å². The first kappa shape index (κ1) is 13.5. The Hall–Kier alpha value is -1.91. The quantitative estimate of drug-likeness (QED) is 0.908. The summed E-state index contributed by atoms with van der Waals surface area (Å²) in [4.78, 5) is 24.5. The van der Waals surface area contributed by atoms with Gasteiger partial charge in [-0.25, -0.2) is 4.39 Å². The van der Waals surface area contributed by atoms with E-state index in [4.69, 9.17) is 5.11 Å². The normalized spacial score (nSPS) is 15.4. The third kappa shape index (κ3) is 3.10. The highest BCUT2D eigenvalue weighted by molar-refractivity contribution is 5.96. The van der Waals surface area contributed by atoms with Crippen LogP contribution in [-0.2, 0) is 4.79 Å². The molecule has 1 aromatic carbocycles. The number of carbonyl (C=O) groups is 2. The Bertz CT molecular complexity index is 483. The van der Waals surface area contributed by atoms with Gasteiger partial charge in [-0.2, -0.15) is 0 Å². The molecule has 0 atom stereocenters. The first-order valence-electron chi connectivity index (χ1n) is 6.37. The summed E-state index contributed by atoms with van der Waals surface area (Å²) >= 11 is 0. The van der Waals surface area contributed by atoms with Gasteiger partial charge < -0.3 is 10.0 Å². The van der Waals surface area contributed by atoms with Crippen LogP contribution in [-0.4, -0.2) is 34.5 Å². The predicted octanol–water partition coefficient (Wildman–Crippen LogP) is 2.30. The van der Waals surface area contributed by atoms with Crippen LogP contribution in [0.5, 0.6) is 0 Å². The van der Waals surface area contributed by atoms with Crippen LogP contribution >= 0.6 is 0 Å². The summed E-state index contributed by atoms with van der Waals surface area (Å²) < 4.78 is 13.6. The highest BCUT2D eigenvalue weighted by Crippen LogP contribution is 2.25. The summed E-state index contributed by atoms with van der Waals surface area (Å²) in [6, 6.07) is 5.58. The van der Waals surface area contributed by atoms with Gasteiger partial charge in [0, 0.05) is 6.04 Å². The zero-order valence-corrected chi connectivity index (χ0v) is 10.5. The minimum atomic E-state index is -1.07. The van der Waals surface area contributed by atoms with Crippen molar-refractivity contribution in [2.75, 3.05) is 6.54 Å². The third-order valence-electron chi connectivity index (χ3n) is 3.44. The lowest BCUT2D eigenvalue weighted by Gasteiger charge is -2.27. The van der Waals surface area contributed by atoms with Crippen LogP contribution in [0.4, 0.5) is 4.39 Å². The Morgan fingerprint density at radius 3 is 2.47 bits per heavy atom. The fourth-order valence-electron chi connectivity index (χ4n) is 2.52. The summed E-state index contributed by atoms with van der Waals surface area (Å²) in [5.41, 5.74) is -0.0596. The lowest BCUT2D eigenvalue weighted by atomic mass is 10.1. The Morgan fingerprint density at radius 1 is 1.26 bits per heavy atom. The fourth-order valence-corrected chi connectivity index (χ4v) is 2.52. The number of rotatable bonds is 4. The second kappa shape index (κ2) is 5.82. The van der Waals surface area contributed by atoms with Gasteiger partial charge in [0.1, 0.15) is 12.4 Å². The van der Waals surface area contributed by atoms with Gasteiger partial charge in [-0.3, -0.25) is 9.59 Å². The molecule has 1 aliphatic carbocycles. The number of hydrogen-bond acceptors (Lipinski definition) is 2. The van der Waals surface area contributed by atoms with Gasteiger partial charge in [0.2, 0.25) is 0 Å². The van der Waals surface area contributed by atoms with E-state index in [9.17, 15) is 14.0 Å². The van der Waals surface area contributed by atoms with E-state index in [0.717, 1.165) is 25.7 Å². The Morgan fingerprint density at radius 2 is 1.89 bits per heavy atom. The lowest BCUT2D eigenvalue weighted by Crippen LogP contribution is -2.42. The molecular weight excluding hydrogens is 249 g/mol. The third-order valence-corrected chi connectivity index (χ3v) is 3.44. The molecule has 0 aromatic heterocycles. The number of carbonyl (C=O) groups excluding carboxylic acids is 1. The zero-order chi connectivity index (χ0) is 13.8. The van der Waals surface area contributed by atoms with Gasteiger partial charge >= 0.3 is 5.97 Å². The molecule has 0 saturated heterocycles. The molecule has 4 nitrogen and oxygen atoms in total. The number of hydrogen-bond donors (Lipinski definition) is 1. The number of carboxylic acid groups (broad SMARTS) is 1. The van der Waals surface area contributed by atoms with Crippen LogP contribution in [0.1, 0.15) is 36.0 Å². The van der Waals surface area contributed by atoms with E-state index in [1.165, 1.54) is 23.1 Å². The smallest absolute Gasteiger partial charge is 0.323 e. The number of carboxylic acids is 1. The Kier molecular flexibility index (Phi) is 4.14. The van der Waals surface area contributed by atoms with Crippen molar-refractivity contribution in [3.05, 3.63) is 35.6 Å². The van der Waals surface area contributed by atoms with E-state index in [-0.39, 0.29) is 18.2 Å². The van der Waals surface area contributed by atoms with Crippen molar-refractivity contribution in [1.82, 2.24) is 4.90 Å². The molecule has 1 fully saturated rings. The molecule has 102 valence electrons. The number of aliphatic carboxylic acids is 1. The van der Waals surface area contributed by atoms with E-state index in [1.807, 2.05) is 0 Å². The second-order valence-electron chi connectivity index (χ2n) is 4.74. The van der Waals surface area contributed by atoms with Crippen LogP contribution in [0.3, 0.4) is 0 Å². The van der Waals surface area contributed by atoms with E-state index in [1.54, 1.807) is 6.07 Å². The minimum absolute atomic E-state index is 0.0596. The van der Waals surface area contributed by atoms with Crippen LogP contribution in [0, 0.1) is 5.82 Å². The highest BCUT2D eigenvalue weighted by atomic mass is 19.1. The summed E-state index contributed by atoms with van der Waals surface area (Å²) in [7, 11) is 0. The molecule has 5 heteroatoms. The average Bonchev–Trinajstić information content (AvgIpc) is 2.89. The average molecular weight is 265 g/mol. The van der Waals surface area contributed by atoms with Crippen LogP contribution < -0.4 is 0 Å². The number of amides is 1. The van der Waals surface area contributed by atoms with Gasteiger partial charge in [0.15, 0.2) is 0 Å². The summed E-state index contributed by atoms with van der Waals surface area (Å²) in [5, 5.41) is 8.92. The molecule has 1 N–H and O–H groups in total. The van der Waals surface area contributed by atoms with E-state index in [0.29, 0.717) is 0 Å². The molecule has 0 unspecified atom stereocenters. The predicted molar refractivity (Wildman–Crippen MR) is 67.3 cm³/mol. The van der Waals surface area contributed by atoms with Crippen LogP contribution in [0.2, 0.25) is 0 Å². The van der Waals surface area contributed by atoms with Gasteiger partial charge in [0.05, 0.1) is 5.56 Å². The molecule has 1 aromatic rings. The lowest BCUT2D eigenvalue weighted by molar-refractivity contribution is -0.138.